The number of nitrogens with one attached hydrogen (secondary N) is 1. The molecule has 0 aliphatic rings. The number of anilines is 1. The van der Waals surface area contributed by atoms with Gasteiger partial charge in [-0.25, -0.2) is 4.79 Å². The van der Waals surface area contributed by atoms with Crippen LogP contribution in [0.1, 0.15) is 21.5 Å². The summed E-state index contributed by atoms with van der Waals surface area (Å²) in [6.45, 7) is 3.55. The van der Waals surface area contributed by atoms with Gasteiger partial charge in [-0.05, 0) is 59.1 Å². The van der Waals surface area contributed by atoms with E-state index in [1.54, 1.807) is 12.3 Å². The van der Waals surface area contributed by atoms with Crippen LogP contribution in [-0.4, -0.2) is 23.5 Å². The number of carbonyl (C=O) groups excluding carboxylic acids is 2. The summed E-state index contributed by atoms with van der Waals surface area (Å²) in [6, 6.07) is 7.29. The van der Waals surface area contributed by atoms with Crippen LogP contribution in [-0.2, 0) is 9.53 Å². The summed E-state index contributed by atoms with van der Waals surface area (Å²) >= 11 is 3.22. The topological polar surface area (TPSA) is 68.3 Å². The minimum atomic E-state index is -0.593. The van der Waals surface area contributed by atoms with E-state index in [4.69, 9.17) is 4.74 Å². The van der Waals surface area contributed by atoms with Crippen molar-refractivity contribution in [3.8, 4) is 0 Å². The van der Waals surface area contributed by atoms with E-state index < -0.39 is 5.97 Å². The zero-order chi connectivity index (χ0) is 16.1. The quantitative estimate of drug-likeness (QED) is 0.847. The number of halogens is 1. The number of esters is 1. The Morgan fingerprint density at radius 1 is 1.14 bits per heavy atom. The van der Waals surface area contributed by atoms with E-state index in [1.807, 2.05) is 32.0 Å². The van der Waals surface area contributed by atoms with Crippen molar-refractivity contribution in [3.63, 3.8) is 0 Å². The van der Waals surface area contributed by atoms with Crippen molar-refractivity contribution >= 4 is 33.5 Å². The lowest BCUT2D eigenvalue weighted by Crippen LogP contribution is -2.21. The average Bonchev–Trinajstić information content (AvgIpc) is 2.43. The number of aryl methyl sites for hydroxylation is 2. The first-order chi connectivity index (χ1) is 10.4. The highest BCUT2D eigenvalue weighted by atomic mass is 79.9. The molecule has 114 valence electrons. The molecule has 2 rings (SSSR count). The zero-order valence-electron chi connectivity index (χ0n) is 12.2. The number of rotatable bonds is 4. The molecule has 1 N–H and O–H groups in total. The van der Waals surface area contributed by atoms with Crippen molar-refractivity contribution in [2.45, 2.75) is 13.8 Å². The van der Waals surface area contributed by atoms with E-state index in [9.17, 15) is 9.59 Å². The molecular weight excluding hydrogens is 348 g/mol. The Hall–Kier alpha value is -2.21. The number of pyridine rings is 1. The maximum atomic E-state index is 11.8. The van der Waals surface area contributed by atoms with Crippen LogP contribution in [0.5, 0.6) is 0 Å². The highest BCUT2D eigenvalue weighted by Crippen LogP contribution is 2.14. The van der Waals surface area contributed by atoms with Crippen LogP contribution in [0.25, 0.3) is 0 Å². The van der Waals surface area contributed by atoms with Crippen molar-refractivity contribution in [2.75, 3.05) is 11.9 Å². The summed E-state index contributed by atoms with van der Waals surface area (Å²) in [5, 5.41) is 2.70. The Balaban J connectivity index is 1.91. The number of hydrogen-bond acceptors (Lipinski definition) is 4. The summed E-state index contributed by atoms with van der Waals surface area (Å²) in [5.74, 6) is -0.981. The summed E-state index contributed by atoms with van der Waals surface area (Å²) in [5.41, 5.74) is 3.07. The molecule has 0 bridgehead atoms. The van der Waals surface area contributed by atoms with Gasteiger partial charge >= 0.3 is 5.97 Å². The number of amides is 1. The second kappa shape index (κ2) is 7.17. The Bertz CT molecular complexity index is 696. The minimum absolute atomic E-state index is 0.286. The van der Waals surface area contributed by atoms with Crippen LogP contribution in [0.2, 0.25) is 0 Å². The molecule has 6 heteroatoms. The summed E-state index contributed by atoms with van der Waals surface area (Å²) in [7, 11) is 0. The molecule has 0 atom stereocenters. The molecule has 1 amide bonds. The van der Waals surface area contributed by atoms with Crippen LogP contribution in [0.4, 0.5) is 5.69 Å². The van der Waals surface area contributed by atoms with E-state index in [0.29, 0.717) is 10.2 Å². The molecular formula is C16H15BrN2O3. The summed E-state index contributed by atoms with van der Waals surface area (Å²) in [6.07, 6.45) is 2.94. The maximum Gasteiger partial charge on any atom is 0.340 e. The number of benzene rings is 1. The molecule has 1 aromatic heterocycles. The van der Waals surface area contributed by atoms with E-state index in [-0.39, 0.29) is 18.1 Å². The molecule has 1 heterocycles. The van der Waals surface area contributed by atoms with Gasteiger partial charge in [0.05, 0.1) is 5.56 Å². The molecule has 5 nitrogen and oxygen atoms in total. The fraction of sp³-hybridized carbons (Fsp3) is 0.188. The molecule has 0 saturated carbocycles. The van der Waals surface area contributed by atoms with Crippen molar-refractivity contribution in [2.24, 2.45) is 0 Å². The van der Waals surface area contributed by atoms with Crippen molar-refractivity contribution in [1.29, 1.82) is 0 Å². The van der Waals surface area contributed by atoms with Gasteiger partial charge in [-0.2, -0.15) is 0 Å². The van der Waals surface area contributed by atoms with Crippen LogP contribution < -0.4 is 5.32 Å². The van der Waals surface area contributed by atoms with Crippen LogP contribution in [0, 0.1) is 13.8 Å². The molecule has 2 aromatic rings. The molecule has 0 fully saturated rings. The van der Waals surface area contributed by atoms with Crippen molar-refractivity contribution < 1.29 is 14.3 Å². The lowest BCUT2D eigenvalue weighted by atomic mass is 10.1. The van der Waals surface area contributed by atoms with Gasteiger partial charge in [-0.15, -0.1) is 0 Å². The SMILES string of the molecule is Cc1cc(C)cc(NC(=O)COC(=O)c2cncc(Br)c2)c1. The van der Waals surface area contributed by atoms with Crippen molar-refractivity contribution in [3.05, 3.63) is 57.8 Å². The largest absolute Gasteiger partial charge is 0.452 e. The average molecular weight is 363 g/mol. The Morgan fingerprint density at radius 2 is 1.82 bits per heavy atom. The van der Waals surface area contributed by atoms with Crippen LogP contribution in [0.15, 0.2) is 41.1 Å². The van der Waals surface area contributed by atoms with Crippen LogP contribution in [0.3, 0.4) is 0 Å². The third-order valence-corrected chi connectivity index (χ3v) is 3.21. The highest BCUT2D eigenvalue weighted by Gasteiger charge is 2.11. The third-order valence-electron chi connectivity index (χ3n) is 2.78. The van der Waals surface area contributed by atoms with E-state index in [2.05, 4.69) is 26.2 Å². The molecule has 0 saturated heterocycles. The van der Waals surface area contributed by atoms with Gasteiger partial charge in [0.25, 0.3) is 5.91 Å². The zero-order valence-corrected chi connectivity index (χ0v) is 13.8. The van der Waals surface area contributed by atoms with Gasteiger partial charge in [0.2, 0.25) is 0 Å². The molecule has 22 heavy (non-hydrogen) atoms. The first-order valence-corrected chi connectivity index (χ1v) is 7.39. The predicted octanol–water partition coefficient (Wildman–Crippen LogP) is 3.26. The number of carbonyl (C=O) groups is 2. The number of nitrogens with zero attached hydrogens (tertiary/aromatic N) is 1. The third kappa shape index (κ3) is 4.66. The number of aromatic nitrogens is 1. The molecule has 0 radical (unpaired) electrons. The smallest absolute Gasteiger partial charge is 0.340 e. The van der Waals surface area contributed by atoms with E-state index in [0.717, 1.165) is 11.1 Å². The van der Waals surface area contributed by atoms with Gasteiger partial charge in [0.1, 0.15) is 0 Å². The predicted molar refractivity (Wildman–Crippen MR) is 86.8 cm³/mol. The number of ether oxygens (including phenoxy) is 1. The first kappa shape index (κ1) is 16.2. The molecule has 0 spiro atoms. The normalized spacial score (nSPS) is 10.1. The fourth-order valence-corrected chi connectivity index (χ4v) is 2.35. The fourth-order valence-electron chi connectivity index (χ4n) is 1.98. The molecule has 0 aliphatic heterocycles. The standard InChI is InChI=1S/C16H15BrN2O3/c1-10-3-11(2)5-14(4-10)19-15(20)9-22-16(21)12-6-13(17)8-18-7-12/h3-8H,9H2,1-2H3,(H,19,20). The van der Waals surface area contributed by atoms with Crippen LogP contribution >= 0.6 is 15.9 Å². The van der Waals surface area contributed by atoms with Crippen molar-refractivity contribution in [1.82, 2.24) is 4.98 Å². The number of hydrogen-bond donors (Lipinski definition) is 1. The lowest BCUT2D eigenvalue weighted by molar-refractivity contribution is -0.119. The molecule has 0 unspecified atom stereocenters. The van der Waals surface area contributed by atoms with Gasteiger partial charge in [-0.1, -0.05) is 6.07 Å². The Morgan fingerprint density at radius 3 is 2.45 bits per heavy atom. The first-order valence-electron chi connectivity index (χ1n) is 6.60. The second-order valence-corrected chi connectivity index (χ2v) is 5.81. The van der Waals surface area contributed by atoms with Gasteiger partial charge in [0, 0.05) is 22.6 Å². The monoisotopic (exact) mass is 362 g/mol. The van der Waals surface area contributed by atoms with Gasteiger partial charge in [-0.3, -0.25) is 9.78 Å². The minimum Gasteiger partial charge on any atom is -0.452 e. The Kier molecular flexibility index (Phi) is 5.27. The van der Waals surface area contributed by atoms with E-state index >= 15 is 0 Å². The van der Waals surface area contributed by atoms with Gasteiger partial charge < -0.3 is 10.1 Å². The highest BCUT2D eigenvalue weighted by molar-refractivity contribution is 9.10. The summed E-state index contributed by atoms with van der Waals surface area (Å²) < 4.78 is 5.63. The Labute approximate surface area is 136 Å². The second-order valence-electron chi connectivity index (χ2n) is 4.89. The maximum absolute atomic E-state index is 11.8. The lowest BCUT2D eigenvalue weighted by Gasteiger charge is -2.08. The molecule has 1 aromatic carbocycles. The summed E-state index contributed by atoms with van der Waals surface area (Å²) in [4.78, 5) is 27.5. The molecule has 0 aliphatic carbocycles. The van der Waals surface area contributed by atoms with Gasteiger partial charge in [0.15, 0.2) is 6.61 Å². The van der Waals surface area contributed by atoms with E-state index in [1.165, 1.54) is 6.20 Å².